The minimum absolute atomic E-state index is 0.275. The van der Waals surface area contributed by atoms with Gasteiger partial charge in [0.15, 0.2) is 0 Å². The predicted octanol–water partition coefficient (Wildman–Crippen LogP) is 5.50. The first kappa shape index (κ1) is 20.2. The van der Waals surface area contributed by atoms with E-state index in [0.29, 0.717) is 45.1 Å². The van der Waals surface area contributed by atoms with Gasteiger partial charge in [-0.25, -0.2) is 9.97 Å². The monoisotopic (exact) mass is 431 g/mol. The average molecular weight is 432 g/mol. The van der Waals surface area contributed by atoms with Crippen LogP contribution in [0.2, 0.25) is 5.02 Å². The molecule has 2 aromatic carbocycles. The van der Waals surface area contributed by atoms with Gasteiger partial charge < -0.3 is 21.1 Å². The summed E-state index contributed by atoms with van der Waals surface area (Å²) in [5.41, 5.74) is 7.42. The van der Waals surface area contributed by atoms with Gasteiger partial charge in [-0.2, -0.15) is 0 Å². The quantitative estimate of drug-likeness (QED) is 0.372. The maximum atomic E-state index is 12.7. The third-order valence-corrected chi connectivity index (χ3v) is 4.55. The summed E-state index contributed by atoms with van der Waals surface area (Å²) in [6.07, 6.45) is 3.16. The zero-order valence-corrected chi connectivity index (χ0v) is 17.0. The Kier molecular flexibility index (Phi) is 5.96. The highest BCUT2D eigenvalue weighted by atomic mass is 35.5. The normalized spacial score (nSPS) is 10.4. The Labute approximate surface area is 183 Å². The number of para-hydroxylation sites is 1. The Balaban J connectivity index is 1.52. The molecule has 0 fully saturated rings. The van der Waals surface area contributed by atoms with Gasteiger partial charge in [0, 0.05) is 29.8 Å². The number of nitrogens with one attached hydrogen (secondary N) is 2. The van der Waals surface area contributed by atoms with Crippen molar-refractivity contribution in [2.45, 2.75) is 0 Å². The highest BCUT2D eigenvalue weighted by molar-refractivity contribution is 6.32. The van der Waals surface area contributed by atoms with E-state index in [-0.39, 0.29) is 5.91 Å². The number of hydrogen-bond donors (Lipinski definition) is 3. The van der Waals surface area contributed by atoms with Crippen molar-refractivity contribution < 1.29 is 9.53 Å². The smallest absolute Gasteiger partial charge is 0.259 e. The van der Waals surface area contributed by atoms with E-state index >= 15 is 0 Å². The molecule has 2 aromatic heterocycles. The zero-order chi connectivity index (χ0) is 21.6. The fourth-order valence-corrected chi connectivity index (χ4v) is 3.04. The van der Waals surface area contributed by atoms with E-state index < -0.39 is 0 Å². The lowest BCUT2D eigenvalue weighted by molar-refractivity contribution is 0.102. The van der Waals surface area contributed by atoms with E-state index in [1.807, 2.05) is 30.3 Å². The molecule has 0 aliphatic heterocycles. The van der Waals surface area contributed by atoms with Gasteiger partial charge in [0.1, 0.15) is 23.1 Å². The lowest BCUT2D eigenvalue weighted by Gasteiger charge is -2.13. The summed E-state index contributed by atoms with van der Waals surface area (Å²) in [7, 11) is 0. The number of aromatic nitrogens is 2. The zero-order valence-electron chi connectivity index (χ0n) is 16.2. The van der Waals surface area contributed by atoms with Crippen LogP contribution in [0.1, 0.15) is 10.4 Å². The largest absolute Gasteiger partial charge is 0.456 e. The van der Waals surface area contributed by atoms with Crippen molar-refractivity contribution in [3.05, 3.63) is 95.8 Å². The topological polar surface area (TPSA) is 102 Å². The molecule has 4 rings (SSSR count). The highest BCUT2D eigenvalue weighted by Gasteiger charge is 2.14. The standard InChI is InChI=1S/C23H18ClN5O2/c24-19-13-16(8-9-20(19)31-17-10-12-26-21(25)14-17)28-22-18(7-4-11-27-22)23(30)29-15-5-2-1-3-6-15/h1-14H,(H2,25,26)(H,27,28)(H,29,30). The maximum absolute atomic E-state index is 12.7. The minimum atomic E-state index is -0.275. The number of nitrogen functional groups attached to an aromatic ring is 1. The van der Waals surface area contributed by atoms with Gasteiger partial charge in [-0.15, -0.1) is 0 Å². The second-order valence-corrected chi connectivity index (χ2v) is 6.92. The van der Waals surface area contributed by atoms with Crippen molar-refractivity contribution >= 4 is 40.5 Å². The van der Waals surface area contributed by atoms with Crippen LogP contribution < -0.4 is 21.1 Å². The molecule has 31 heavy (non-hydrogen) atoms. The van der Waals surface area contributed by atoms with Crippen LogP contribution in [0.3, 0.4) is 0 Å². The van der Waals surface area contributed by atoms with Crippen LogP contribution >= 0.6 is 11.6 Å². The minimum Gasteiger partial charge on any atom is -0.456 e. The second kappa shape index (κ2) is 9.15. The number of benzene rings is 2. The van der Waals surface area contributed by atoms with Crippen LogP contribution in [0.25, 0.3) is 0 Å². The Morgan fingerprint density at radius 2 is 1.74 bits per heavy atom. The molecule has 0 radical (unpaired) electrons. The van der Waals surface area contributed by atoms with Crippen LogP contribution in [0, 0.1) is 0 Å². The van der Waals surface area contributed by atoms with Gasteiger partial charge in [-0.3, -0.25) is 4.79 Å². The van der Waals surface area contributed by atoms with Gasteiger partial charge in [-0.05, 0) is 48.5 Å². The number of anilines is 4. The molecular weight excluding hydrogens is 414 g/mol. The van der Waals surface area contributed by atoms with Crippen LogP contribution in [0.4, 0.5) is 23.0 Å². The molecule has 7 nitrogen and oxygen atoms in total. The maximum Gasteiger partial charge on any atom is 0.259 e. The van der Waals surface area contributed by atoms with E-state index in [4.69, 9.17) is 22.1 Å². The fourth-order valence-electron chi connectivity index (χ4n) is 2.82. The van der Waals surface area contributed by atoms with Gasteiger partial charge in [-0.1, -0.05) is 29.8 Å². The molecule has 0 saturated heterocycles. The molecule has 4 aromatic rings. The number of pyridine rings is 2. The fraction of sp³-hybridized carbons (Fsp3) is 0. The van der Waals surface area contributed by atoms with E-state index in [1.165, 1.54) is 0 Å². The lowest BCUT2D eigenvalue weighted by Crippen LogP contribution is -2.14. The van der Waals surface area contributed by atoms with Crippen LogP contribution in [0.15, 0.2) is 85.2 Å². The highest BCUT2D eigenvalue weighted by Crippen LogP contribution is 2.33. The van der Waals surface area contributed by atoms with Crippen LogP contribution in [0.5, 0.6) is 11.5 Å². The van der Waals surface area contributed by atoms with E-state index in [1.54, 1.807) is 54.9 Å². The summed E-state index contributed by atoms with van der Waals surface area (Å²) in [5.74, 6) is 1.47. The number of halogens is 1. The third-order valence-electron chi connectivity index (χ3n) is 4.26. The van der Waals surface area contributed by atoms with Crippen LogP contribution in [-0.2, 0) is 0 Å². The summed E-state index contributed by atoms with van der Waals surface area (Å²) in [6.45, 7) is 0. The van der Waals surface area contributed by atoms with Crippen molar-refractivity contribution in [2.24, 2.45) is 0 Å². The first-order valence-electron chi connectivity index (χ1n) is 9.36. The second-order valence-electron chi connectivity index (χ2n) is 6.51. The summed E-state index contributed by atoms with van der Waals surface area (Å²) in [6, 6.07) is 21.1. The molecule has 0 saturated carbocycles. The van der Waals surface area contributed by atoms with Crippen molar-refractivity contribution in [1.29, 1.82) is 0 Å². The van der Waals surface area contributed by atoms with Gasteiger partial charge in [0.05, 0.1) is 10.6 Å². The van der Waals surface area contributed by atoms with Crippen molar-refractivity contribution in [3.8, 4) is 11.5 Å². The predicted molar refractivity (Wildman–Crippen MR) is 122 cm³/mol. The molecule has 0 aliphatic rings. The van der Waals surface area contributed by atoms with Crippen LogP contribution in [-0.4, -0.2) is 15.9 Å². The molecule has 8 heteroatoms. The molecule has 4 N–H and O–H groups in total. The number of amides is 1. The Morgan fingerprint density at radius 3 is 2.52 bits per heavy atom. The van der Waals surface area contributed by atoms with Crippen molar-refractivity contribution in [2.75, 3.05) is 16.4 Å². The number of carbonyl (C=O) groups is 1. The number of rotatable bonds is 6. The molecular formula is C23H18ClN5O2. The first-order chi connectivity index (χ1) is 15.1. The summed E-state index contributed by atoms with van der Waals surface area (Å²) in [5, 5.41) is 6.38. The molecule has 0 aliphatic carbocycles. The Morgan fingerprint density at radius 1 is 0.903 bits per heavy atom. The molecule has 0 atom stereocenters. The summed E-state index contributed by atoms with van der Waals surface area (Å²) < 4.78 is 5.76. The van der Waals surface area contributed by atoms with Gasteiger partial charge >= 0.3 is 0 Å². The van der Waals surface area contributed by atoms with E-state index in [0.717, 1.165) is 0 Å². The molecule has 154 valence electrons. The van der Waals surface area contributed by atoms with E-state index in [2.05, 4.69) is 20.6 Å². The molecule has 0 spiro atoms. The van der Waals surface area contributed by atoms with Gasteiger partial charge in [0.25, 0.3) is 5.91 Å². The van der Waals surface area contributed by atoms with E-state index in [9.17, 15) is 4.79 Å². The first-order valence-corrected chi connectivity index (χ1v) is 9.74. The molecule has 2 heterocycles. The molecule has 1 amide bonds. The number of nitrogens with zero attached hydrogens (tertiary/aromatic N) is 2. The van der Waals surface area contributed by atoms with Crippen molar-refractivity contribution in [3.63, 3.8) is 0 Å². The number of carbonyl (C=O) groups excluding carboxylic acids is 1. The SMILES string of the molecule is Nc1cc(Oc2ccc(Nc3ncccc3C(=O)Nc3ccccc3)cc2Cl)ccn1. The number of hydrogen-bond acceptors (Lipinski definition) is 6. The number of ether oxygens (including phenoxy) is 1. The summed E-state index contributed by atoms with van der Waals surface area (Å²) >= 11 is 6.38. The Bertz CT molecular complexity index is 1220. The lowest BCUT2D eigenvalue weighted by atomic mass is 10.2. The molecule has 0 unspecified atom stereocenters. The van der Waals surface area contributed by atoms with Gasteiger partial charge in [0.2, 0.25) is 0 Å². The molecule has 0 bridgehead atoms. The van der Waals surface area contributed by atoms with Crippen molar-refractivity contribution in [1.82, 2.24) is 9.97 Å². The third kappa shape index (κ3) is 5.09. The Hall–Kier alpha value is -4.10. The average Bonchev–Trinajstić information content (AvgIpc) is 2.77. The number of nitrogens with two attached hydrogens (primary N) is 1. The summed E-state index contributed by atoms with van der Waals surface area (Å²) in [4.78, 5) is 21.0.